The predicted molar refractivity (Wildman–Crippen MR) is 101 cm³/mol. The highest BCUT2D eigenvalue weighted by molar-refractivity contribution is 5.92. The summed E-state index contributed by atoms with van der Waals surface area (Å²) in [7, 11) is 2.90. The van der Waals surface area contributed by atoms with Gasteiger partial charge in [-0.2, -0.15) is 0 Å². The van der Waals surface area contributed by atoms with Crippen molar-refractivity contribution in [1.29, 1.82) is 0 Å². The summed E-state index contributed by atoms with van der Waals surface area (Å²) in [5.74, 6) is 0.269. The lowest BCUT2D eigenvalue weighted by atomic mass is 10.1. The molecule has 26 heavy (non-hydrogen) atoms. The van der Waals surface area contributed by atoms with Crippen LogP contribution in [0.3, 0.4) is 0 Å². The Kier molecular flexibility index (Phi) is 8.98. The molecule has 1 atom stereocenters. The van der Waals surface area contributed by atoms with Gasteiger partial charge in [0, 0.05) is 19.2 Å². The zero-order valence-corrected chi connectivity index (χ0v) is 15.9. The highest BCUT2D eigenvalue weighted by Crippen LogP contribution is 2.28. The van der Waals surface area contributed by atoms with Gasteiger partial charge in [0.05, 0.1) is 26.7 Å². The van der Waals surface area contributed by atoms with Crippen molar-refractivity contribution in [3.63, 3.8) is 0 Å². The molecule has 0 bridgehead atoms. The van der Waals surface area contributed by atoms with E-state index in [0.717, 1.165) is 5.56 Å². The van der Waals surface area contributed by atoms with Gasteiger partial charge in [-0.15, -0.1) is 6.58 Å². The van der Waals surface area contributed by atoms with Crippen molar-refractivity contribution >= 4 is 18.0 Å². The maximum absolute atomic E-state index is 12.5. The minimum atomic E-state index is -0.414. The van der Waals surface area contributed by atoms with Crippen LogP contribution < -0.4 is 9.47 Å². The molecule has 0 saturated heterocycles. The first kappa shape index (κ1) is 21.3. The molecule has 6 heteroatoms. The molecule has 1 amide bonds. The fourth-order valence-corrected chi connectivity index (χ4v) is 2.35. The molecular weight excluding hydrogens is 334 g/mol. The van der Waals surface area contributed by atoms with Gasteiger partial charge in [-0.25, -0.2) is 0 Å². The third-order valence-corrected chi connectivity index (χ3v) is 3.66. The van der Waals surface area contributed by atoms with E-state index in [4.69, 9.17) is 14.2 Å². The van der Waals surface area contributed by atoms with Crippen molar-refractivity contribution in [2.75, 3.05) is 33.9 Å². The average molecular weight is 361 g/mol. The molecule has 0 spiro atoms. The maximum atomic E-state index is 12.5. The molecule has 1 aromatic carbocycles. The van der Waals surface area contributed by atoms with Crippen molar-refractivity contribution in [3.05, 3.63) is 42.5 Å². The van der Waals surface area contributed by atoms with E-state index in [9.17, 15) is 9.59 Å². The lowest BCUT2D eigenvalue weighted by molar-refractivity contribution is -0.145. The van der Waals surface area contributed by atoms with Crippen molar-refractivity contribution in [3.8, 4) is 11.5 Å². The Bertz CT molecular complexity index is 654. The Balaban J connectivity index is 2.87. The molecular formula is C20H27NO5. The van der Waals surface area contributed by atoms with Crippen LogP contribution in [0.25, 0.3) is 6.08 Å². The third kappa shape index (κ3) is 6.27. The quantitative estimate of drug-likeness (QED) is 0.364. The van der Waals surface area contributed by atoms with Crippen LogP contribution in [0.5, 0.6) is 11.5 Å². The number of hydrogen-bond donors (Lipinski definition) is 0. The van der Waals surface area contributed by atoms with E-state index in [1.807, 2.05) is 13.0 Å². The molecule has 0 fully saturated rings. The molecule has 1 aromatic rings. The molecule has 0 heterocycles. The van der Waals surface area contributed by atoms with Crippen LogP contribution in [0.4, 0.5) is 0 Å². The Morgan fingerprint density at radius 1 is 1.27 bits per heavy atom. The van der Waals surface area contributed by atoms with Gasteiger partial charge in [0.1, 0.15) is 0 Å². The summed E-state index contributed by atoms with van der Waals surface area (Å²) >= 11 is 0. The van der Waals surface area contributed by atoms with Crippen molar-refractivity contribution < 1.29 is 23.8 Å². The van der Waals surface area contributed by atoms with Gasteiger partial charge in [0.2, 0.25) is 5.91 Å². The van der Waals surface area contributed by atoms with Gasteiger partial charge in [-0.3, -0.25) is 9.59 Å². The third-order valence-electron chi connectivity index (χ3n) is 3.66. The highest BCUT2D eigenvalue weighted by atomic mass is 16.5. The second-order valence-electron chi connectivity index (χ2n) is 5.63. The summed E-state index contributed by atoms with van der Waals surface area (Å²) in [5, 5.41) is 0. The molecule has 0 aromatic heterocycles. The molecule has 1 rings (SSSR count). The number of carbonyl (C=O) groups is 2. The molecule has 0 aliphatic heterocycles. The first-order chi connectivity index (χ1) is 12.5. The normalized spacial score (nSPS) is 11.7. The number of hydrogen-bond acceptors (Lipinski definition) is 5. The minimum Gasteiger partial charge on any atom is -0.493 e. The Hall–Kier alpha value is -2.76. The summed E-state index contributed by atoms with van der Waals surface area (Å²) in [6.45, 7) is 8.42. The number of ether oxygens (including phenoxy) is 3. The molecule has 0 N–H and O–H groups in total. The lowest BCUT2D eigenvalue weighted by Gasteiger charge is -2.22. The van der Waals surface area contributed by atoms with Gasteiger partial charge < -0.3 is 19.1 Å². The van der Waals surface area contributed by atoms with Gasteiger partial charge in [-0.05, 0) is 30.7 Å². The van der Waals surface area contributed by atoms with Crippen LogP contribution >= 0.6 is 0 Å². The van der Waals surface area contributed by atoms with Gasteiger partial charge in [0.15, 0.2) is 11.5 Å². The van der Waals surface area contributed by atoms with Crippen molar-refractivity contribution in [2.45, 2.75) is 13.8 Å². The van der Waals surface area contributed by atoms with Gasteiger partial charge in [0.25, 0.3) is 0 Å². The summed E-state index contributed by atoms with van der Waals surface area (Å²) < 4.78 is 15.5. The van der Waals surface area contributed by atoms with Crippen molar-refractivity contribution in [2.24, 2.45) is 5.92 Å². The number of benzene rings is 1. The predicted octanol–water partition coefficient (Wildman–Crippen LogP) is 2.93. The molecule has 0 aliphatic rings. The van der Waals surface area contributed by atoms with Gasteiger partial charge >= 0.3 is 5.97 Å². The Morgan fingerprint density at radius 2 is 2.00 bits per heavy atom. The van der Waals surface area contributed by atoms with E-state index < -0.39 is 5.92 Å². The van der Waals surface area contributed by atoms with E-state index in [1.165, 1.54) is 18.1 Å². The fraction of sp³-hybridized carbons (Fsp3) is 0.400. The van der Waals surface area contributed by atoms with Crippen molar-refractivity contribution in [1.82, 2.24) is 4.90 Å². The number of methoxy groups -OCH3 is 2. The number of rotatable bonds is 10. The molecule has 0 saturated carbocycles. The lowest BCUT2D eigenvalue weighted by Crippen LogP contribution is -2.36. The number of esters is 1. The second kappa shape index (κ2) is 11.0. The van der Waals surface area contributed by atoms with Crippen LogP contribution in [-0.4, -0.2) is 50.7 Å². The van der Waals surface area contributed by atoms with E-state index in [2.05, 4.69) is 6.58 Å². The fourth-order valence-electron chi connectivity index (χ4n) is 2.35. The van der Waals surface area contributed by atoms with E-state index in [1.54, 1.807) is 38.3 Å². The standard InChI is InChI=1S/C20H27NO5/c1-6-12-21(14-15(3)20(23)25-5)19(22)11-9-16-8-10-17(26-7-2)18(13-16)24-4/h6,8-11,13,15H,1,7,12,14H2,2-5H3/b11-9+. The first-order valence-corrected chi connectivity index (χ1v) is 8.43. The van der Waals surface area contributed by atoms with Crippen LogP contribution in [0.1, 0.15) is 19.4 Å². The largest absolute Gasteiger partial charge is 0.493 e. The van der Waals surface area contributed by atoms with Crippen LogP contribution in [0.2, 0.25) is 0 Å². The number of amides is 1. The van der Waals surface area contributed by atoms with Crippen LogP contribution in [0, 0.1) is 5.92 Å². The second-order valence-corrected chi connectivity index (χ2v) is 5.63. The molecule has 1 unspecified atom stereocenters. The molecule has 142 valence electrons. The topological polar surface area (TPSA) is 65.1 Å². The zero-order valence-electron chi connectivity index (χ0n) is 15.9. The summed E-state index contributed by atoms with van der Waals surface area (Å²) in [5.41, 5.74) is 0.804. The Labute approximate surface area is 155 Å². The van der Waals surface area contributed by atoms with E-state index in [-0.39, 0.29) is 18.4 Å². The monoisotopic (exact) mass is 361 g/mol. The van der Waals surface area contributed by atoms with Gasteiger partial charge in [-0.1, -0.05) is 19.1 Å². The average Bonchev–Trinajstić information content (AvgIpc) is 2.65. The van der Waals surface area contributed by atoms with Crippen LogP contribution in [0.15, 0.2) is 36.9 Å². The SMILES string of the molecule is C=CCN(CC(C)C(=O)OC)C(=O)/C=C/c1ccc(OCC)c(OC)c1. The molecule has 0 aliphatic carbocycles. The summed E-state index contributed by atoms with van der Waals surface area (Å²) in [4.78, 5) is 25.6. The maximum Gasteiger partial charge on any atom is 0.310 e. The van der Waals surface area contributed by atoms with Crippen LogP contribution in [-0.2, 0) is 14.3 Å². The summed E-state index contributed by atoms with van der Waals surface area (Å²) in [6, 6.07) is 5.43. The first-order valence-electron chi connectivity index (χ1n) is 8.43. The zero-order chi connectivity index (χ0) is 19.5. The number of carbonyl (C=O) groups excluding carboxylic acids is 2. The summed E-state index contributed by atoms with van der Waals surface area (Å²) in [6.07, 6.45) is 4.78. The smallest absolute Gasteiger partial charge is 0.310 e. The highest BCUT2D eigenvalue weighted by Gasteiger charge is 2.19. The number of nitrogens with zero attached hydrogens (tertiary/aromatic N) is 1. The minimum absolute atomic E-state index is 0.214. The Morgan fingerprint density at radius 3 is 2.58 bits per heavy atom. The van der Waals surface area contributed by atoms with E-state index >= 15 is 0 Å². The van der Waals surface area contributed by atoms with E-state index in [0.29, 0.717) is 24.7 Å². The molecule has 0 radical (unpaired) electrons. The molecule has 6 nitrogen and oxygen atoms in total.